The molecule has 5 heteroatoms. The Balaban J connectivity index is 2.32. The molecular formula is C9H13N3O2. The monoisotopic (exact) mass is 195 g/mol. The van der Waals surface area contributed by atoms with Crippen LogP contribution < -0.4 is 11.3 Å². The molecule has 0 radical (unpaired) electrons. The Morgan fingerprint density at radius 2 is 2.57 bits per heavy atom. The molecule has 1 aromatic heterocycles. The Kier molecular flexibility index (Phi) is 2.60. The fourth-order valence-corrected chi connectivity index (χ4v) is 1.58. The molecule has 0 aliphatic carbocycles. The Morgan fingerprint density at radius 1 is 1.71 bits per heavy atom. The average Bonchev–Trinajstić information content (AvgIpc) is 2.69. The van der Waals surface area contributed by atoms with Crippen LogP contribution in [0.3, 0.4) is 0 Å². The smallest absolute Gasteiger partial charge is 0.251 e. The van der Waals surface area contributed by atoms with E-state index in [0.717, 1.165) is 19.4 Å². The maximum atomic E-state index is 11.2. The quantitative estimate of drug-likeness (QED) is 0.700. The number of aromatic nitrogens is 2. The van der Waals surface area contributed by atoms with Crippen molar-refractivity contribution in [3.63, 3.8) is 0 Å². The predicted molar refractivity (Wildman–Crippen MR) is 50.7 cm³/mol. The van der Waals surface area contributed by atoms with Crippen molar-refractivity contribution in [3.05, 3.63) is 27.9 Å². The van der Waals surface area contributed by atoms with Crippen molar-refractivity contribution in [1.29, 1.82) is 0 Å². The first-order valence-electron chi connectivity index (χ1n) is 4.71. The van der Waals surface area contributed by atoms with E-state index in [2.05, 4.69) is 9.97 Å². The van der Waals surface area contributed by atoms with Gasteiger partial charge in [-0.3, -0.25) is 4.79 Å². The van der Waals surface area contributed by atoms with Crippen molar-refractivity contribution in [2.75, 3.05) is 6.61 Å². The fourth-order valence-electron chi connectivity index (χ4n) is 1.58. The van der Waals surface area contributed by atoms with E-state index in [1.807, 2.05) is 0 Å². The van der Waals surface area contributed by atoms with E-state index in [1.54, 1.807) is 0 Å². The number of nitrogens with two attached hydrogens (primary N) is 1. The summed E-state index contributed by atoms with van der Waals surface area (Å²) in [5.74, 6) is 0.607. The van der Waals surface area contributed by atoms with Gasteiger partial charge in [0.15, 0.2) is 0 Å². The van der Waals surface area contributed by atoms with Crippen molar-refractivity contribution in [2.24, 2.45) is 5.73 Å². The van der Waals surface area contributed by atoms with Gasteiger partial charge < -0.3 is 15.5 Å². The predicted octanol–water partition coefficient (Wildman–Crippen LogP) is 0.0801. The standard InChI is InChI=1S/C9H13N3O2/c10-5-6-4-8(13)12-9(11-6)7-2-1-3-14-7/h4,7H,1-3,5,10H2,(H,11,12,13). The van der Waals surface area contributed by atoms with Gasteiger partial charge in [0, 0.05) is 19.2 Å². The molecule has 0 spiro atoms. The van der Waals surface area contributed by atoms with Crippen LogP contribution in [0, 0.1) is 0 Å². The SMILES string of the molecule is NCc1cc(=O)[nH]c(C2CCCO2)n1. The summed E-state index contributed by atoms with van der Waals surface area (Å²) < 4.78 is 5.42. The molecule has 5 nitrogen and oxygen atoms in total. The summed E-state index contributed by atoms with van der Waals surface area (Å²) in [7, 11) is 0. The number of ether oxygens (including phenoxy) is 1. The molecule has 1 saturated heterocycles. The highest BCUT2D eigenvalue weighted by atomic mass is 16.5. The number of hydrogen-bond donors (Lipinski definition) is 2. The van der Waals surface area contributed by atoms with Crippen LogP contribution in [0.2, 0.25) is 0 Å². The first kappa shape index (κ1) is 9.36. The first-order valence-corrected chi connectivity index (χ1v) is 4.71. The lowest BCUT2D eigenvalue weighted by Crippen LogP contribution is -2.17. The summed E-state index contributed by atoms with van der Waals surface area (Å²) in [4.78, 5) is 18.1. The molecule has 1 fully saturated rings. The Hall–Kier alpha value is -1.20. The zero-order chi connectivity index (χ0) is 9.97. The van der Waals surface area contributed by atoms with Crippen LogP contribution in [0.25, 0.3) is 0 Å². The van der Waals surface area contributed by atoms with Crippen LogP contribution in [0.15, 0.2) is 10.9 Å². The van der Waals surface area contributed by atoms with Crippen molar-refractivity contribution in [2.45, 2.75) is 25.5 Å². The molecule has 1 aliphatic heterocycles. The molecule has 1 unspecified atom stereocenters. The molecule has 2 rings (SSSR count). The summed E-state index contributed by atoms with van der Waals surface area (Å²) in [6.45, 7) is 1.02. The molecule has 0 aromatic carbocycles. The third kappa shape index (κ3) is 1.83. The summed E-state index contributed by atoms with van der Waals surface area (Å²) in [5.41, 5.74) is 5.88. The normalized spacial score (nSPS) is 21.4. The summed E-state index contributed by atoms with van der Waals surface area (Å²) in [5, 5.41) is 0. The number of hydrogen-bond acceptors (Lipinski definition) is 4. The summed E-state index contributed by atoms with van der Waals surface area (Å²) in [6, 6.07) is 1.42. The van der Waals surface area contributed by atoms with Crippen LogP contribution >= 0.6 is 0 Å². The maximum Gasteiger partial charge on any atom is 0.251 e. The number of rotatable bonds is 2. The topological polar surface area (TPSA) is 81.0 Å². The third-order valence-corrected chi connectivity index (χ3v) is 2.26. The number of nitrogens with one attached hydrogen (secondary N) is 1. The van der Waals surface area contributed by atoms with Gasteiger partial charge in [0.25, 0.3) is 5.56 Å². The minimum absolute atomic E-state index is 0.0609. The van der Waals surface area contributed by atoms with Gasteiger partial charge in [-0.25, -0.2) is 4.98 Å². The first-order chi connectivity index (χ1) is 6.79. The maximum absolute atomic E-state index is 11.2. The third-order valence-electron chi connectivity index (χ3n) is 2.26. The molecule has 1 aromatic rings. The highest BCUT2D eigenvalue weighted by molar-refractivity contribution is 5.04. The second-order valence-electron chi connectivity index (χ2n) is 3.33. The zero-order valence-electron chi connectivity index (χ0n) is 7.82. The lowest BCUT2D eigenvalue weighted by atomic mass is 10.2. The highest BCUT2D eigenvalue weighted by Gasteiger charge is 2.20. The van der Waals surface area contributed by atoms with E-state index < -0.39 is 0 Å². The van der Waals surface area contributed by atoms with E-state index in [1.165, 1.54) is 6.07 Å². The van der Waals surface area contributed by atoms with E-state index in [0.29, 0.717) is 11.5 Å². The van der Waals surface area contributed by atoms with Gasteiger partial charge in [-0.15, -0.1) is 0 Å². The molecule has 3 N–H and O–H groups in total. The van der Waals surface area contributed by atoms with E-state index in [4.69, 9.17) is 10.5 Å². The second kappa shape index (κ2) is 3.89. The van der Waals surface area contributed by atoms with Gasteiger partial charge in [0.1, 0.15) is 11.9 Å². The lowest BCUT2D eigenvalue weighted by molar-refractivity contribution is 0.104. The molecule has 1 aliphatic rings. The molecule has 14 heavy (non-hydrogen) atoms. The second-order valence-corrected chi connectivity index (χ2v) is 3.33. The lowest BCUT2D eigenvalue weighted by Gasteiger charge is -2.08. The molecule has 0 amide bonds. The molecule has 0 saturated carbocycles. The van der Waals surface area contributed by atoms with Gasteiger partial charge in [-0.1, -0.05) is 0 Å². The van der Waals surface area contributed by atoms with Crippen molar-refractivity contribution >= 4 is 0 Å². The molecule has 1 atom stereocenters. The minimum atomic E-state index is -0.161. The highest BCUT2D eigenvalue weighted by Crippen LogP contribution is 2.24. The van der Waals surface area contributed by atoms with Gasteiger partial charge in [-0.05, 0) is 12.8 Å². The Morgan fingerprint density at radius 3 is 3.21 bits per heavy atom. The minimum Gasteiger partial charge on any atom is -0.370 e. The Bertz CT molecular complexity index is 369. The van der Waals surface area contributed by atoms with Gasteiger partial charge >= 0.3 is 0 Å². The molecular weight excluding hydrogens is 182 g/mol. The van der Waals surface area contributed by atoms with Gasteiger partial charge in [0.2, 0.25) is 0 Å². The average molecular weight is 195 g/mol. The Labute approximate surface area is 81.3 Å². The van der Waals surface area contributed by atoms with Crippen LogP contribution in [-0.4, -0.2) is 16.6 Å². The van der Waals surface area contributed by atoms with E-state index in [9.17, 15) is 4.79 Å². The van der Waals surface area contributed by atoms with Crippen LogP contribution in [0.4, 0.5) is 0 Å². The van der Waals surface area contributed by atoms with Crippen LogP contribution in [0.1, 0.15) is 30.5 Å². The van der Waals surface area contributed by atoms with E-state index in [-0.39, 0.29) is 18.2 Å². The van der Waals surface area contributed by atoms with Crippen molar-refractivity contribution < 1.29 is 4.74 Å². The number of H-pyrrole nitrogens is 1. The van der Waals surface area contributed by atoms with Gasteiger partial charge in [0.05, 0.1) is 5.69 Å². The number of nitrogens with zero attached hydrogens (tertiary/aromatic N) is 1. The van der Waals surface area contributed by atoms with Crippen molar-refractivity contribution in [1.82, 2.24) is 9.97 Å². The fraction of sp³-hybridized carbons (Fsp3) is 0.556. The van der Waals surface area contributed by atoms with Crippen LogP contribution in [-0.2, 0) is 11.3 Å². The van der Waals surface area contributed by atoms with E-state index >= 15 is 0 Å². The van der Waals surface area contributed by atoms with Crippen LogP contribution in [0.5, 0.6) is 0 Å². The van der Waals surface area contributed by atoms with Gasteiger partial charge in [-0.2, -0.15) is 0 Å². The van der Waals surface area contributed by atoms with Crippen molar-refractivity contribution in [3.8, 4) is 0 Å². The summed E-state index contributed by atoms with van der Waals surface area (Å²) in [6.07, 6.45) is 1.87. The number of aromatic amines is 1. The molecule has 0 bridgehead atoms. The zero-order valence-corrected chi connectivity index (χ0v) is 7.82. The largest absolute Gasteiger partial charge is 0.370 e. The molecule has 2 heterocycles. The molecule has 76 valence electrons. The summed E-state index contributed by atoms with van der Waals surface area (Å²) >= 11 is 0.